The van der Waals surface area contributed by atoms with Crippen molar-refractivity contribution in [3.8, 4) is 0 Å². The summed E-state index contributed by atoms with van der Waals surface area (Å²) in [6, 6.07) is -0.647. The molecule has 3 rings (SSSR count). The van der Waals surface area contributed by atoms with Crippen molar-refractivity contribution >= 4 is 12.0 Å². The lowest BCUT2D eigenvalue weighted by Crippen LogP contribution is -2.57. The summed E-state index contributed by atoms with van der Waals surface area (Å²) in [6.45, 7) is 10.8. The Labute approximate surface area is 192 Å². The average Bonchev–Trinajstić information content (AvgIpc) is 3.62. The normalized spacial score (nSPS) is 37.1. The molecule has 182 valence electrons. The Morgan fingerprint density at radius 2 is 1.88 bits per heavy atom. The van der Waals surface area contributed by atoms with Crippen LogP contribution in [0.1, 0.15) is 47.5 Å². The van der Waals surface area contributed by atoms with E-state index < -0.39 is 23.8 Å². The van der Waals surface area contributed by atoms with Crippen molar-refractivity contribution in [1.29, 1.82) is 0 Å². The van der Waals surface area contributed by atoms with Gasteiger partial charge in [0.25, 0.3) is 0 Å². The molecule has 2 saturated heterocycles. The van der Waals surface area contributed by atoms with Crippen molar-refractivity contribution < 1.29 is 28.5 Å². The van der Waals surface area contributed by atoms with Gasteiger partial charge in [-0.05, 0) is 31.6 Å². The van der Waals surface area contributed by atoms with Gasteiger partial charge >= 0.3 is 6.09 Å². The van der Waals surface area contributed by atoms with Gasteiger partial charge in [-0.15, -0.1) is 0 Å². The summed E-state index contributed by atoms with van der Waals surface area (Å²) in [5, 5.41) is 2.76. The lowest BCUT2D eigenvalue weighted by molar-refractivity contribution is -0.132. The molecule has 7 atom stereocenters. The van der Waals surface area contributed by atoms with Crippen molar-refractivity contribution in [1.82, 2.24) is 10.2 Å². The van der Waals surface area contributed by atoms with E-state index in [9.17, 15) is 9.59 Å². The fourth-order valence-corrected chi connectivity index (χ4v) is 5.03. The Morgan fingerprint density at radius 3 is 2.38 bits per heavy atom. The Balaban J connectivity index is 1.72. The van der Waals surface area contributed by atoms with Crippen molar-refractivity contribution in [2.75, 3.05) is 27.8 Å². The number of hydrogen-bond donors (Lipinski definition) is 1. The predicted octanol–water partition coefficient (Wildman–Crippen LogP) is 2.76. The predicted molar refractivity (Wildman–Crippen MR) is 120 cm³/mol. The van der Waals surface area contributed by atoms with Crippen molar-refractivity contribution in [3.63, 3.8) is 0 Å². The highest BCUT2D eigenvalue weighted by Gasteiger charge is 2.72. The highest BCUT2D eigenvalue weighted by atomic mass is 16.6. The first-order valence-corrected chi connectivity index (χ1v) is 11.7. The number of methoxy groups -OCH3 is 1. The fraction of sp³-hybridized carbons (Fsp3) is 0.833. The van der Waals surface area contributed by atoms with Crippen molar-refractivity contribution in [3.05, 3.63) is 12.2 Å². The van der Waals surface area contributed by atoms with Crippen LogP contribution in [-0.4, -0.2) is 80.3 Å². The molecule has 1 N–H and O–H groups in total. The first-order valence-electron chi connectivity index (χ1n) is 11.7. The molecule has 8 nitrogen and oxygen atoms in total. The number of epoxide rings is 2. The maximum Gasteiger partial charge on any atom is 0.408 e. The van der Waals surface area contributed by atoms with E-state index in [2.05, 4.69) is 38.2 Å². The zero-order valence-corrected chi connectivity index (χ0v) is 20.7. The highest BCUT2D eigenvalue weighted by Crippen LogP contribution is 2.59. The first kappa shape index (κ1) is 25.0. The standard InChI is InChI=1S/C24H40N2O6/c1-14(2)9-10-17-23(5,32-17)20-19(29-8)16(11-12-24(20)13-30-24)31-22(28)25-18(15(3)4)21(27)26(6)7/h9-10,14-20H,11-13H2,1-8H3,(H,25,28)/b10-9+/t16-,17-,18?,19-,20?,23?,24+/m1/s1. The third-order valence-electron chi connectivity index (χ3n) is 6.98. The number of amides is 2. The molecule has 3 fully saturated rings. The van der Waals surface area contributed by atoms with Gasteiger partial charge < -0.3 is 29.2 Å². The molecule has 2 amide bonds. The summed E-state index contributed by atoms with van der Waals surface area (Å²) in [5.41, 5.74) is -0.712. The highest BCUT2D eigenvalue weighted by molar-refractivity contribution is 5.85. The SMILES string of the molecule is CO[C@H]1C(C2(C)O[C@@H]2/C=C/C(C)C)[C@]2(CC[C@H]1OC(=O)NC(C(=O)N(C)C)C(C)C)CO2. The minimum Gasteiger partial charge on any atom is -0.443 e. The Bertz CT molecular complexity index is 732. The van der Waals surface area contributed by atoms with Gasteiger partial charge in [0.05, 0.1) is 12.5 Å². The molecule has 3 unspecified atom stereocenters. The van der Waals surface area contributed by atoms with Gasteiger partial charge in [0, 0.05) is 21.2 Å². The second kappa shape index (κ2) is 9.31. The van der Waals surface area contributed by atoms with Gasteiger partial charge in [-0.3, -0.25) is 4.79 Å². The first-order chi connectivity index (χ1) is 14.9. The monoisotopic (exact) mass is 452 g/mol. The van der Waals surface area contributed by atoms with Crippen molar-refractivity contribution in [2.45, 2.75) is 83.0 Å². The number of nitrogens with zero attached hydrogens (tertiary/aromatic N) is 1. The summed E-state index contributed by atoms with van der Waals surface area (Å²) < 4.78 is 23.8. The number of ether oxygens (including phenoxy) is 4. The molecule has 0 aromatic heterocycles. The molecule has 8 heteroatoms. The molecule has 1 saturated carbocycles. The summed E-state index contributed by atoms with van der Waals surface area (Å²) in [4.78, 5) is 26.7. The van der Waals surface area contributed by atoms with E-state index in [1.54, 1.807) is 21.2 Å². The van der Waals surface area contributed by atoms with Crippen LogP contribution in [0.4, 0.5) is 4.79 Å². The maximum atomic E-state index is 12.8. The van der Waals surface area contributed by atoms with Gasteiger partial charge in [-0.1, -0.05) is 39.8 Å². The zero-order chi connectivity index (χ0) is 23.8. The largest absolute Gasteiger partial charge is 0.443 e. The van der Waals surface area contributed by atoms with Crippen LogP contribution >= 0.6 is 0 Å². The van der Waals surface area contributed by atoms with Crippen LogP contribution < -0.4 is 5.32 Å². The molecule has 1 spiro atoms. The second-order valence-electron chi connectivity index (χ2n) is 10.5. The molecular formula is C24H40N2O6. The van der Waals surface area contributed by atoms with Gasteiger partial charge in [0.15, 0.2) is 0 Å². The Morgan fingerprint density at radius 1 is 1.22 bits per heavy atom. The molecule has 0 aromatic carbocycles. The number of carbonyl (C=O) groups excluding carboxylic acids is 2. The van der Waals surface area contributed by atoms with E-state index >= 15 is 0 Å². The maximum absolute atomic E-state index is 12.8. The van der Waals surface area contributed by atoms with Crippen LogP contribution in [0.15, 0.2) is 12.2 Å². The van der Waals surface area contributed by atoms with E-state index in [1.165, 1.54) is 4.90 Å². The van der Waals surface area contributed by atoms with Crippen LogP contribution in [0.2, 0.25) is 0 Å². The molecule has 1 aliphatic carbocycles. The summed E-state index contributed by atoms with van der Waals surface area (Å²) in [7, 11) is 4.99. The molecule has 0 aromatic rings. The minimum absolute atomic E-state index is 0.00997. The van der Waals surface area contributed by atoms with E-state index in [0.29, 0.717) is 18.9 Å². The lowest BCUT2D eigenvalue weighted by atomic mass is 9.68. The average molecular weight is 453 g/mol. The fourth-order valence-electron chi connectivity index (χ4n) is 5.03. The van der Waals surface area contributed by atoms with Crippen LogP contribution in [0, 0.1) is 17.8 Å². The van der Waals surface area contributed by atoms with Gasteiger partial charge in [0.1, 0.15) is 35.6 Å². The summed E-state index contributed by atoms with van der Waals surface area (Å²) in [5.74, 6) is 0.159. The number of carbonyl (C=O) groups is 2. The van der Waals surface area contributed by atoms with E-state index in [-0.39, 0.29) is 35.6 Å². The summed E-state index contributed by atoms with van der Waals surface area (Å²) in [6.07, 6.45) is 4.26. The van der Waals surface area contributed by atoms with Crippen LogP contribution in [0.3, 0.4) is 0 Å². The minimum atomic E-state index is -0.647. The Kier molecular flexibility index (Phi) is 7.27. The van der Waals surface area contributed by atoms with Crippen LogP contribution in [-0.2, 0) is 23.7 Å². The summed E-state index contributed by atoms with van der Waals surface area (Å²) >= 11 is 0. The number of nitrogens with one attached hydrogen (secondary N) is 1. The molecule has 3 aliphatic rings. The second-order valence-corrected chi connectivity index (χ2v) is 10.5. The Hall–Kier alpha value is -1.64. The van der Waals surface area contributed by atoms with E-state index in [1.807, 2.05) is 13.8 Å². The molecule has 0 radical (unpaired) electrons. The number of alkyl carbamates (subject to hydrolysis) is 1. The topological polar surface area (TPSA) is 92.9 Å². The third-order valence-corrected chi connectivity index (χ3v) is 6.98. The van der Waals surface area contributed by atoms with Crippen LogP contribution in [0.25, 0.3) is 0 Å². The smallest absolute Gasteiger partial charge is 0.408 e. The quantitative estimate of drug-likeness (QED) is 0.450. The molecular weight excluding hydrogens is 412 g/mol. The van der Waals surface area contributed by atoms with Crippen molar-refractivity contribution in [2.24, 2.45) is 17.8 Å². The molecule has 0 bridgehead atoms. The lowest BCUT2D eigenvalue weighted by Gasteiger charge is -2.42. The molecule has 2 heterocycles. The third kappa shape index (κ3) is 4.97. The van der Waals surface area contributed by atoms with E-state index in [4.69, 9.17) is 18.9 Å². The number of allylic oxidation sites excluding steroid dienone is 1. The number of hydrogen-bond acceptors (Lipinski definition) is 6. The zero-order valence-electron chi connectivity index (χ0n) is 20.7. The molecule has 32 heavy (non-hydrogen) atoms. The van der Waals surface area contributed by atoms with Crippen LogP contribution in [0.5, 0.6) is 0 Å². The van der Waals surface area contributed by atoms with Gasteiger partial charge in [-0.2, -0.15) is 0 Å². The number of likely N-dealkylation sites (N-methyl/N-ethyl adjacent to an activating group) is 1. The van der Waals surface area contributed by atoms with E-state index in [0.717, 1.165) is 6.42 Å². The molecule has 2 aliphatic heterocycles. The van der Waals surface area contributed by atoms with Gasteiger partial charge in [-0.25, -0.2) is 4.79 Å². The number of rotatable bonds is 8. The van der Waals surface area contributed by atoms with Gasteiger partial charge in [0.2, 0.25) is 5.91 Å².